The summed E-state index contributed by atoms with van der Waals surface area (Å²) in [6.07, 6.45) is 5.17. The van der Waals surface area contributed by atoms with E-state index >= 15 is 0 Å². The maximum atomic E-state index is 4.41. The number of para-hydroxylation sites is 1. The van der Waals surface area contributed by atoms with Crippen molar-refractivity contribution in [2.24, 2.45) is 0 Å². The van der Waals surface area contributed by atoms with E-state index in [1.807, 2.05) is 36.4 Å². The van der Waals surface area contributed by atoms with Gasteiger partial charge in [-0.1, -0.05) is 18.2 Å². The Morgan fingerprint density at radius 1 is 1.00 bits per heavy atom. The number of nitrogens with one attached hydrogen (secondary N) is 1. The standard InChI is InChI=1S/C18H19N5/c1-2-23(16-6-4-3-5-7-16)18-12-17(21-14-22-18)20-13-15-8-10-19-11-9-15/h3-12,14H,2,13H2,1H3,(H,20,21,22). The zero-order valence-electron chi connectivity index (χ0n) is 13.1. The molecule has 0 saturated heterocycles. The van der Waals surface area contributed by atoms with E-state index in [0.29, 0.717) is 6.54 Å². The molecule has 0 fully saturated rings. The molecule has 0 saturated carbocycles. The maximum absolute atomic E-state index is 4.41. The van der Waals surface area contributed by atoms with Crippen molar-refractivity contribution in [1.82, 2.24) is 15.0 Å². The smallest absolute Gasteiger partial charge is 0.138 e. The van der Waals surface area contributed by atoms with Crippen LogP contribution in [0, 0.1) is 0 Å². The second kappa shape index (κ2) is 7.35. The van der Waals surface area contributed by atoms with Gasteiger partial charge in [-0.05, 0) is 36.8 Å². The normalized spacial score (nSPS) is 10.3. The van der Waals surface area contributed by atoms with E-state index in [1.165, 1.54) is 0 Å². The average Bonchev–Trinajstić information content (AvgIpc) is 2.63. The van der Waals surface area contributed by atoms with Gasteiger partial charge < -0.3 is 10.2 Å². The highest BCUT2D eigenvalue weighted by atomic mass is 15.2. The molecule has 5 nitrogen and oxygen atoms in total. The van der Waals surface area contributed by atoms with Gasteiger partial charge in [0.15, 0.2) is 0 Å². The van der Waals surface area contributed by atoms with Crippen molar-refractivity contribution in [3.05, 3.63) is 72.8 Å². The Morgan fingerprint density at radius 2 is 1.78 bits per heavy atom. The molecule has 23 heavy (non-hydrogen) atoms. The van der Waals surface area contributed by atoms with Crippen LogP contribution in [0.2, 0.25) is 0 Å². The number of benzene rings is 1. The van der Waals surface area contributed by atoms with Crippen LogP contribution in [0.25, 0.3) is 0 Å². The molecule has 1 N–H and O–H groups in total. The van der Waals surface area contributed by atoms with Crippen molar-refractivity contribution in [2.45, 2.75) is 13.5 Å². The quantitative estimate of drug-likeness (QED) is 0.753. The highest BCUT2D eigenvalue weighted by Crippen LogP contribution is 2.24. The van der Waals surface area contributed by atoms with Gasteiger partial charge in [0.2, 0.25) is 0 Å². The predicted molar refractivity (Wildman–Crippen MR) is 92.7 cm³/mol. The fourth-order valence-electron chi connectivity index (χ4n) is 2.37. The van der Waals surface area contributed by atoms with Crippen LogP contribution < -0.4 is 10.2 Å². The van der Waals surface area contributed by atoms with Crippen LogP contribution in [0.15, 0.2) is 67.3 Å². The highest BCUT2D eigenvalue weighted by Gasteiger charge is 2.09. The van der Waals surface area contributed by atoms with Gasteiger partial charge in [0.1, 0.15) is 18.0 Å². The van der Waals surface area contributed by atoms with E-state index in [9.17, 15) is 0 Å². The molecule has 3 rings (SSSR count). The van der Waals surface area contributed by atoms with Gasteiger partial charge in [0.25, 0.3) is 0 Å². The van der Waals surface area contributed by atoms with Gasteiger partial charge in [-0.3, -0.25) is 4.98 Å². The average molecular weight is 305 g/mol. The first kappa shape index (κ1) is 15.0. The molecule has 0 aliphatic heterocycles. The lowest BCUT2D eigenvalue weighted by atomic mass is 10.2. The minimum atomic E-state index is 0.705. The molecule has 5 heteroatoms. The number of rotatable bonds is 6. The number of nitrogens with zero attached hydrogens (tertiary/aromatic N) is 4. The van der Waals surface area contributed by atoms with Crippen LogP contribution in [-0.4, -0.2) is 21.5 Å². The number of aromatic nitrogens is 3. The first-order valence-electron chi connectivity index (χ1n) is 7.64. The molecule has 0 amide bonds. The number of hydrogen-bond donors (Lipinski definition) is 1. The summed E-state index contributed by atoms with van der Waals surface area (Å²) >= 11 is 0. The summed E-state index contributed by atoms with van der Waals surface area (Å²) in [5, 5.41) is 3.33. The molecular weight excluding hydrogens is 286 g/mol. The van der Waals surface area contributed by atoms with Crippen molar-refractivity contribution in [1.29, 1.82) is 0 Å². The van der Waals surface area contributed by atoms with Crippen molar-refractivity contribution in [2.75, 3.05) is 16.8 Å². The van der Waals surface area contributed by atoms with E-state index in [2.05, 4.69) is 44.2 Å². The van der Waals surface area contributed by atoms with E-state index in [0.717, 1.165) is 29.4 Å². The molecule has 0 radical (unpaired) electrons. The lowest BCUT2D eigenvalue weighted by Crippen LogP contribution is -2.17. The molecule has 2 aromatic heterocycles. The maximum Gasteiger partial charge on any atom is 0.138 e. The summed E-state index contributed by atoms with van der Waals surface area (Å²) in [6.45, 7) is 3.65. The van der Waals surface area contributed by atoms with Gasteiger partial charge in [0.05, 0.1) is 0 Å². The predicted octanol–water partition coefficient (Wildman–Crippen LogP) is 3.64. The first-order valence-corrected chi connectivity index (χ1v) is 7.64. The van der Waals surface area contributed by atoms with E-state index in [-0.39, 0.29) is 0 Å². The molecule has 0 spiro atoms. The lowest BCUT2D eigenvalue weighted by Gasteiger charge is -2.22. The van der Waals surface area contributed by atoms with Gasteiger partial charge in [-0.2, -0.15) is 0 Å². The van der Waals surface area contributed by atoms with Crippen LogP contribution in [-0.2, 0) is 6.54 Å². The molecule has 1 aromatic carbocycles. The van der Waals surface area contributed by atoms with Crippen LogP contribution in [0.3, 0.4) is 0 Å². The minimum absolute atomic E-state index is 0.705. The highest BCUT2D eigenvalue weighted by molar-refractivity contribution is 5.61. The topological polar surface area (TPSA) is 53.9 Å². The molecule has 2 heterocycles. The molecule has 0 atom stereocenters. The van der Waals surface area contributed by atoms with Crippen molar-refractivity contribution >= 4 is 17.3 Å². The van der Waals surface area contributed by atoms with Gasteiger partial charge in [-0.25, -0.2) is 9.97 Å². The summed E-state index contributed by atoms with van der Waals surface area (Å²) in [5.74, 6) is 1.69. The van der Waals surface area contributed by atoms with Gasteiger partial charge in [0, 0.05) is 37.2 Å². The second-order valence-corrected chi connectivity index (χ2v) is 5.05. The Kier molecular flexibility index (Phi) is 4.79. The molecule has 0 aliphatic carbocycles. The molecule has 3 aromatic rings. The van der Waals surface area contributed by atoms with Gasteiger partial charge >= 0.3 is 0 Å². The summed E-state index contributed by atoms with van der Waals surface area (Å²) in [7, 11) is 0. The molecule has 0 bridgehead atoms. The summed E-state index contributed by atoms with van der Waals surface area (Å²) < 4.78 is 0. The third-order valence-electron chi connectivity index (χ3n) is 3.54. The monoisotopic (exact) mass is 305 g/mol. The number of hydrogen-bond acceptors (Lipinski definition) is 5. The van der Waals surface area contributed by atoms with Crippen LogP contribution >= 0.6 is 0 Å². The molecule has 0 aliphatic rings. The second-order valence-electron chi connectivity index (χ2n) is 5.05. The molecule has 116 valence electrons. The fourth-order valence-corrected chi connectivity index (χ4v) is 2.37. The van der Waals surface area contributed by atoms with Crippen LogP contribution in [0.1, 0.15) is 12.5 Å². The van der Waals surface area contributed by atoms with Crippen LogP contribution in [0.5, 0.6) is 0 Å². The third-order valence-corrected chi connectivity index (χ3v) is 3.54. The van der Waals surface area contributed by atoms with Crippen molar-refractivity contribution in [3.63, 3.8) is 0 Å². The van der Waals surface area contributed by atoms with Gasteiger partial charge in [-0.15, -0.1) is 0 Å². The summed E-state index contributed by atoms with van der Waals surface area (Å²) in [5.41, 5.74) is 2.28. The zero-order valence-corrected chi connectivity index (χ0v) is 13.1. The lowest BCUT2D eigenvalue weighted by molar-refractivity contribution is 0.971. The van der Waals surface area contributed by atoms with Crippen molar-refractivity contribution in [3.8, 4) is 0 Å². The third kappa shape index (κ3) is 3.83. The van der Waals surface area contributed by atoms with E-state index < -0.39 is 0 Å². The first-order chi connectivity index (χ1) is 11.4. The van der Waals surface area contributed by atoms with Crippen LogP contribution in [0.4, 0.5) is 17.3 Å². The van der Waals surface area contributed by atoms with E-state index in [4.69, 9.17) is 0 Å². The molecule has 0 unspecified atom stereocenters. The van der Waals surface area contributed by atoms with Crippen molar-refractivity contribution < 1.29 is 0 Å². The van der Waals surface area contributed by atoms with E-state index in [1.54, 1.807) is 18.7 Å². The zero-order chi connectivity index (χ0) is 15.9. The fraction of sp³-hybridized carbons (Fsp3) is 0.167. The Bertz CT molecular complexity index is 731. The Balaban J connectivity index is 1.76. The SMILES string of the molecule is CCN(c1ccccc1)c1cc(NCc2ccncc2)ncn1. The summed E-state index contributed by atoms with van der Waals surface area (Å²) in [4.78, 5) is 14.9. The number of pyridine rings is 1. The summed E-state index contributed by atoms with van der Waals surface area (Å²) in [6, 6.07) is 16.2. The molecular formula is C18H19N5. The largest absolute Gasteiger partial charge is 0.366 e. The number of anilines is 3. The Labute approximate surface area is 136 Å². The Hall–Kier alpha value is -2.95. The Morgan fingerprint density at radius 3 is 2.52 bits per heavy atom. The minimum Gasteiger partial charge on any atom is -0.366 e.